The summed E-state index contributed by atoms with van der Waals surface area (Å²) in [6, 6.07) is 46.5. The number of anilines is 1. The van der Waals surface area contributed by atoms with E-state index in [1.165, 1.54) is 94.0 Å². The van der Waals surface area contributed by atoms with Crippen LogP contribution in [0.4, 0.5) is 5.69 Å². The number of hydrogen-bond acceptors (Lipinski definition) is 1. The molecular formula is C77H87B2N. The van der Waals surface area contributed by atoms with Gasteiger partial charge in [-0.25, -0.2) is 0 Å². The van der Waals surface area contributed by atoms with Crippen LogP contribution in [0.1, 0.15) is 208 Å². The fourth-order valence-electron chi connectivity index (χ4n) is 11.9. The minimum atomic E-state index is -0.158. The monoisotopic (exact) mass is 1050 g/mol. The standard InChI is InChI=1S/C77H87B2N/c1-50-22-24-51(25-23-50)26-28-53-32-40-66-55(42-53)34-36-57-44-69-58(45-68(57)78(66)70-62(74(8,9)10)46-59(72(2,3)4)47-63(70)75(11,12)13)37-35-56-43-54(29-27-52-30-38-61(39-31-52)80(20)21)33-41-67(56)79(69)71-64(76(14,15)16)48-60(73(5,6)7)49-65(71)77(17,18)19/h22-25,30-49H,1-21H3. The third-order valence-corrected chi connectivity index (χ3v) is 16.6. The van der Waals surface area contributed by atoms with Crippen LogP contribution in [0.15, 0.2) is 121 Å². The van der Waals surface area contributed by atoms with E-state index in [4.69, 9.17) is 0 Å². The predicted molar refractivity (Wildman–Crippen MR) is 355 cm³/mol. The molecule has 9 rings (SSSR count). The van der Waals surface area contributed by atoms with Gasteiger partial charge in [0.1, 0.15) is 0 Å². The lowest BCUT2D eigenvalue weighted by atomic mass is 9.31. The van der Waals surface area contributed by atoms with E-state index in [0.29, 0.717) is 0 Å². The molecule has 2 aliphatic rings. The Bertz CT molecular complexity index is 3660. The maximum absolute atomic E-state index is 3.59. The van der Waals surface area contributed by atoms with Crippen LogP contribution in [-0.2, 0) is 32.5 Å². The maximum Gasteiger partial charge on any atom is 0.243 e. The van der Waals surface area contributed by atoms with E-state index in [1.54, 1.807) is 0 Å². The largest absolute Gasteiger partial charge is 0.378 e. The highest BCUT2D eigenvalue weighted by Crippen LogP contribution is 2.37. The summed E-state index contributed by atoms with van der Waals surface area (Å²) in [5, 5.41) is 0. The molecule has 7 aromatic carbocycles. The fourth-order valence-corrected chi connectivity index (χ4v) is 11.9. The van der Waals surface area contributed by atoms with Gasteiger partial charge in [0.25, 0.3) is 0 Å². The van der Waals surface area contributed by atoms with E-state index in [9.17, 15) is 0 Å². The minimum absolute atomic E-state index is 0.0393. The first kappa shape index (κ1) is 57.7. The van der Waals surface area contributed by atoms with E-state index < -0.39 is 0 Å². The highest BCUT2D eigenvalue weighted by Gasteiger charge is 2.41. The first-order valence-corrected chi connectivity index (χ1v) is 29.3. The molecule has 0 bridgehead atoms. The second-order valence-corrected chi connectivity index (χ2v) is 29.6. The third-order valence-electron chi connectivity index (χ3n) is 16.6. The van der Waals surface area contributed by atoms with Crippen molar-refractivity contribution in [3.63, 3.8) is 0 Å². The van der Waals surface area contributed by atoms with Crippen LogP contribution < -0.4 is 37.7 Å². The summed E-state index contributed by atoms with van der Waals surface area (Å²) in [5.74, 6) is 14.2. The van der Waals surface area contributed by atoms with Crippen molar-refractivity contribution in [1.82, 2.24) is 0 Å². The zero-order valence-electron chi connectivity index (χ0n) is 52.5. The molecular weight excluding hydrogens is 960 g/mol. The van der Waals surface area contributed by atoms with Crippen molar-refractivity contribution >= 4 is 76.2 Å². The summed E-state index contributed by atoms with van der Waals surface area (Å²) in [4.78, 5) is 2.13. The lowest BCUT2D eigenvalue weighted by molar-refractivity contribution is 0.552. The number of nitrogens with zero attached hydrogens (tertiary/aromatic N) is 1. The van der Waals surface area contributed by atoms with Crippen molar-refractivity contribution in [2.24, 2.45) is 0 Å². The van der Waals surface area contributed by atoms with Gasteiger partial charge in [0.2, 0.25) is 13.4 Å². The zero-order chi connectivity index (χ0) is 58.2. The molecule has 406 valence electrons. The van der Waals surface area contributed by atoms with Crippen LogP contribution in [0.5, 0.6) is 0 Å². The molecule has 2 aliphatic heterocycles. The molecule has 0 saturated carbocycles. The average Bonchev–Trinajstić information content (AvgIpc) is 3.68. The van der Waals surface area contributed by atoms with Gasteiger partial charge in [-0.1, -0.05) is 272 Å². The van der Waals surface area contributed by atoms with Gasteiger partial charge in [0, 0.05) is 42.0 Å². The van der Waals surface area contributed by atoms with Crippen molar-refractivity contribution in [3.05, 3.63) is 205 Å². The number of benzene rings is 7. The summed E-state index contributed by atoms with van der Waals surface area (Å²) < 4.78 is 0. The molecule has 0 unspecified atom stereocenters. The lowest BCUT2D eigenvalue weighted by Gasteiger charge is -2.37. The summed E-state index contributed by atoms with van der Waals surface area (Å²) in [5.41, 5.74) is 27.1. The van der Waals surface area contributed by atoms with Crippen LogP contribution in [0, 0.1) is 30.6 Å². The van der Waals surface area contributed by atoms with Crippen molar-refractivity contribution in [2.45, 2.75) is 164 Å². The van der Waals surface area contributed by atoms with Crippen molar-refractivity contribution in [3.8, 4) is 23.7 Å². The van der Waals surface area contributed by atoms with Crippen LogP contribution in [0.3, 0.4) is 0 Å². The van der Waals surface area contributed by atoms with Crippen molar-refractivity contribution < 1.29 is 0 Å². The second kappa shape index (κ2) is 20.9. The molecule has 0 saturated heterocycles. The smallest absolute Gasteiger partial charge is 0.243 e. The van der Waals surface area contributed by atoms with E-state index in [0.717, 1.165) is 27.9 Å². The molecule has 7 aromatic rings. The maximum atomic E-state index is 3.59. The van der Waals surface area contributed by atoms with Gasteiger partial charge in [0.05, 0.1) is 0 Å². The quantitative estimate of drug-likeness (QED) is 0.126. The summed E-state index contributed by atoms with van der Waals surface area (Å²) in [6.45, 7) is 45.1. The molecule has 0 spiro atoms. The molecule has 2 heterocycles. The molecule has 0 amide bonds. The number of aryl methyl sites for hydroxylation is 1. The minimum Gasteiger partial charge on any atom is -0.378 e. The van der Waals surface area contributed by atoms with Crippen molar-refractivity contribution in [2.75, 3.05) is 19.0 Å². The average molecular weight is 1050 g/mol. The highest BCUT2D eigenvalue weighted by molar-refractivity contribution is 6.99. The number of rotatable bonds is 3. The molecule has 0 atom stereocenters. The summed E-state index contributed by atoms with van der Waals surface area (Å²) >= 11 is 0. The van der Waals surface area contributed by atoms with Crippen LogP contribution in [-0.4, -0.2) is 27.5 Å². The number of hydrogen-bond donors (Lipinski definition) is 0. The predicted octanol–water partition coefficient (Wildman–Crippen LogP) is 14.6. The van der Waals surface area contributed by atoms with E-state index in [2.05, 4.69) is 320 Å². The van der Waals surface area contributed by atoms with E-state index >= 15 is 0 Å². The first-order valence-electron chi connectivity index (χ1n) is 29.3. The second-order valence-electron chi connectivity index (χ2n) is 29.6. The molecule has 80 heavy (non-hydrogen) atoms. The van der Waals surface area contributed by atoms with Crippen molar-refractivity contribution in [1.29, 1.82) is 0 Å². The molecule has 0 aliphatic carbocycles. The van der Waals surface area contributed by atoms with E-state index in [1.807, 2.05) is 0 Å². The van der Waals surface area contributed by atoms with Crippen LogP contribution in [0.25, 0.3) is 24.3 Å². The van der Waals surface area contributed by atoms with Gasteiger partial charge in [-0.3, -0.25) is 0 Å². The molecule has 0 aromatic heterocycles. The number of fused-ring (bicyclic) bond motifs is 4. The Kier molecular flexibility index (Phi) is 15.1. The Morgan fingerprint density at radius 2 is 0.600 bits per heavy atom. The zero-order valence-corrected chi connectivity index (χ0v) is 52.5. The van der Waals surface area contributed by atoms with Gasteiger partial charge in [0.15, 0.2) is 0 Å². The normalized spacial score (nSPS) is 13.5. The molecule has 0 radical (unpaired) electrons. The van der Waals surface area contributed by atoms with Gasteiger partial charge in [-0.15, -0.1) is 0 Å². The van der Waals surface area contributed by atoms with E-state index in [-0.39, 0.29) is 45.9 Å². The topological polar surface area (TPSA) is 3.24 Å². The Labute approximate surface area is 485 Å². The van der Waals surface area contributed by atoms with Gasteiger partial charge in [-0.05, 0) is 156 Å². The summed E-state index contributed by atoms with van der Waals surface area (Å²) in [7, 11) is 4.15. The van der Waals surface area contributed by atoms with Crippen LogP contribution in [0.2, 0.25) is 0 Å². The summed E-state index contributed by atoms with van der Waals surface area (Å²) in [6.07, 6.45) is 9.64. The molecule has 0 N–H and O–H groups in total. The Morgan fingerprint density at radius 1 is 0.312 bits per heavy atom. The van der Waals surface area contributed by atoms with Gasteiger partial charge < -0.3 is 4.90 Å². The third kappa shape index (κ3) is 11.9. The molecule has 0 fully saturated rings. The molecule has 3 heteroatoms. The lowest BCUT2D eigenvalue weighted by Crippen LogP contribution is -2.60. The SMILES string of the molecule is Cc1ccc(C#Cc2ccc3c(c2)C=Cc2cc4c(cc2B3c2c(C(C)(C)C)cc(C(C)(C)C)cc2C(C)(C)C)C=Cc2cc(C#Cc3ccc(N(C)C)cc3)ccc2B4c2c(C(C)(C)C)cc(C(C)(C)C)cc2C(C)(C)C)cc1. The van der Waals surface area contributed by atoms with Crippen LogP contribution >= 0.6 is 0 Å². The van der Waals surface area contributed by atoms with Gasteiger partial charge >= 0.3 is 0 Å². The fraction of sp³-hybridized carbons (Fsp3) is 0.351. The Hall–Kier alpha value is -6.93. The Morgan fingerprint density at radius 3 is 0.900 bits per heavy atom. The van der Waals surface area contributed by atoms with Gasteiger partial charge in [-0.2, -0.15) is 0 Å². The molecule has 1 nitrogen and oxygen atoms in total. The highest BCUT2D eigenvalue weighted by atomic mass is 15.1. The first-order chi connectivity index (χ1) is 37.2. The Balaban J connectivity index is 1.38.